The Morgan fingerprint density at radius 3 is 2.50 bits per heavy atom. The molecule has 0 fully saturated rings. The lowest BCUT2D eigenvalue weighted by atomic mass is 10.2. The fraction of sp³-hybridized carbons (Fsp3) is 0.400. The number of rotatable bonds is 6. The van der Waals surface area contributed by atoms with Gasteiger partial charge in [0.2, 0.25) is 0 Å². The second-order valence-electron chi connectivity index (χ2n) is 4.85. The molecule has 0 saturated heterocycles. The van der Waals surface area contributed by atoms with Crippen LogP contribution in [0.3, 0.4) is 0 Å². The van der Waals surface area contributed by atoms with Gasteiger partial charge in [-0.15, -0.1) is 0 Å². The van der Waals surface area contributed by atoms with E-state index in [1.54, 1.807) is 0 Å². The molecule has 0 aliphatic rings. The molecule has 1 N–H and O–H groups in total. The van der Waals surface area contributed by atoms with Crippen LogP contribution >= 0.6 is 0 Å². The number of hydrogen-bond acceptors (Lipinski definition) is 4. The second kappa shape index (κ2) is 6.43. The molecule has 2 aromatic rings. The van der Waals surface area contributed by atoms with Crippen molar-refractivity contribution in [1.82, 2.24) is 14.9 Å². The van der Waals surface area contributed by atoms with E-state index >= 15 is 0 Å². The first-order valence-corrected chi connectivity index (χ1v) is 6.76. The Morgan fingerprint density at radius 1 is 1.25 bits per heavy atom. The molecule has 0 atom stereocenters. The maximum atomic E-state index is 10.9. The number of aryl methyl sites for hydroxylation is 1. The van der Waals surface area contributed by atoms with Gasteiger partial charge in [-0.2, -0.15) is 0 Å². The highest BCUT2D eigenvalue weighted by Gasteiger charge is 2.13. The minimum atomic E-state index is -0.815. The Bertz CT molecular complexity index is 613. The molecular formula is C15H19N3O2. The van der Waals surface area contributed by atoms with Gasteiger partial charge >= 0.3 is 5.97 Å². The van der Waals surface area contributed by atoms with Crippen molar-refractivity contribution in [3.63, 3.8) is 0 Å². The van der Waals surface area contributed by atoms with E-state index in [2.05, 4.69) is 9.97 Å². The topological polar surface area (TPSA) is 66.3 Å². The van der Waals surface area contributed by atoms with Crippen LogP contribution in [0, 0.1) is 6.92 Å². The zero-order valence-corrected chi connectivity index (χ0v) is 11.8. The third kappa shape index (κ3) is 3.51. The average Bonchev–Trinajstić information content (AvgIpc) is 2.39. The summed E-state index contributed by atoms with van der Waals surface area (Å²) in [4.78, 5) is 21.9. The molecule has 2 rings (SSSR count). The summed E-state index contributed by atoms with van der Waals surface area (Å²) in [5, 5.41) is 8.95. The van der Waals surface area contributed by atoms with Crippen molar-refractivity contribution < 1.29 is 9.90 Å². The number of carboxylic acid groups (broad SMARTS) is 1. The molecule has 5 nitrogen and oxygen atoms in total. The number of nitrogens with zero attached hydrogens (tertiary/aromatic N) is 3. The van der Waals surface area contributed by atoms with E-state index in [1.807, 2.05) is 43.0 Å². The number of aromatic nitrogens is 2. The molecule has 106 valence electrons. The summed E-state index contributed by atoms with van der Waals surface area (Å²) < 4.78 is 0. The summed E-state index contributed by atoms with van der Waals surface area (Å²) in [6.45, 7) is 5.24. The summed E-state index contributed by atoms with van der Waals surface area (Å²) >= 11 is 0. The van der Waals surface area contributed by atoms with E-state index in [9.17, 15) is 4.79 Å². The van der Waals surface area contributed by atoms with Crippen LogP contribution in [0.4, 0.5) is 0 Å². The average molecular weight is 273 g/mol. The first-order chi connectivity index (χ1) is 9.60. The predicted octanol–water partition coefficient (Wildman–Crippen LogP) is 2.23. The third-order valence-corrected chi connectivity index (χ3v) is 3.12. The molecule has 1 heterocycles. The molecular weight excluding hydrogens is 254 g/mol. The van der Waals surface area contributed by atoms with E-state index < -0.39 is 5.97 Å². The standard InChI is InChI=1S/C15H19N3O2/c1-3-8-18(10-15(19)20)9-14-11(2)16-12-6-4-5-7-13(12)17-14/h4-7H,3,8-10H2,1-2H3,(H,19,20). The summed E-state index contributed by atoms with van der Waals surface area (Å²) in [5.41, 5.74) is 3.42. The highest BCUT2D eigenvalue weighted by atomic mass is 16.4. The summed E-state index contributed by atoms with van der Waals surface area (Å²) in [6, 6.07) is 7.72. The van der Waals surface area contributed by atoms with Crippen LogP contribution < -0.4 is 0 Å². The first kappa shape index (κ1) is 14.4. The third-order valence-electron chi connectivity index (χ3n) is 3.12. The Labute approximate surface area is 118 Å². The number of hydrogen-bond donors (Lipinski definition) is 1. The minimum Gasteiger partial charge on any atom is -0.480 e. The molecule has 1 aromatic heterocycles. The van der Waals surface area contributed by atoms with E-state index in [1.165, 1.54) is 0 Å². The predicted molar refractivity (Wildman–Crippen MR) is 77.5 cm³/mol. The maximum absolute atomic E-state index is 10.9. The first-order valence-electron chi connectivity index (χ1n) is 6.76. The van der Waals surface area contributed by atoms with Crippen LogP contribution in [-0.4, -0.2) is 39.0 Å². The van der Waals surface area contributed by atoms with Crippen LogP contribution in [0.15, 0.2) is 24.3 Å². The van der Waals surface area contributed by atoms with Crippen molar-refractivity contribution in [1.29, 1.82) is 0 Å². The number of aliphatic carboxylic acids is 1. The Morgan fingerprint density at radius 2 is 1.90 bits per heavy atom. The highest BCUT2D eigenvalue weighted by molar-refractivity contribution is 5.74. The van der Waals surface area contributed by atoms with Crippen molar-refractivity contribution in [3.05, 3.63) is 35.7 Å². The molecule has 20 heavy (non-hydrogen) atoms. The zero-order valence-electron chi connectivity index (χ0n) is 11.8. The largest absolute Gasteiger partial charge is 0.480 e. The smallest absolute Gasteiger partial charge is 0.317 e. The summed E-state index contributed by atoms with van der Waals surface area (Å²) in [7, 11) is 0. The van der Waals surface area contributed by atoms with Gasteiger partial charge in [-0.05, 0) is 32.0 Å². The van der Waals surface area contributed by atoms with Gasteiger partial charge in [0, 0.05) is 6.54 Å². The van der Waals surface area contributed by atoms with Gasteiger partial charge in [0.05, 0.1) is 29.0 Å². The second-order valence-corrected chi connectivity index (χ2v) is 4.85. The zero-order chi connectivity index (χ0) is 14.5. The number of carbonyl (C=O) groups is 1. The lowest BCUT2D eigenvalue weighted by Crippen LogP contribution is -2.30. The number of benzene rings is 1. The molecule has 5 heteroatoms. The van der Waals surface area contributed by atoms with Crippen LogP contribution in [0.2, 0.25) is 0 Å². The van der Waals surface area contributed by atoms with E-state index in [0.717, 1.165) is 35.4 Å². The maximum Gasteiger partial charge on any atom is 0.317 e. The molecule has 0 amide bonds. The van der Waals surface area contributed by atoms with Gasteiger partial charge in [0.1, 0.15) is 0 Å². The van der Waals surface area contributed by atoms with Crippen molar-refractivity contribution >= 4 is 17.0 Å². The normalized spacial score (nSPS) is 11.2. The molecule has 0 unspecified atom stereocenters. The molecule has 0 spiro atoms. The van der Waals surface area contributed by atoms with E-state index in [-0.39, 0.29) is 6.54 Å². The SMILES string of the molecule is CCCN(CC(=O)O)Cc1nc2ccccc2nc1C. The van der Waals surface area contributed by atoms with Gasteiger partial charge in [0.15, 0.2) is 0 Å². The van der Waals surface area contributed by atoms with Gasteiger partial charge < -0.3 is 5.11 Å². The van der Waals surface area contributed by atoms with Crippen LogP contribution in [0.25, 0.3) is 11.0 Å². The van der Waals surface area contributed by atoms with Crippen molar-refractivity contribution in [2.75, 3.05) is 13.1 Å². The summed E-state index contributed by atoms with van der Waals surface area (Å²) in [5.74, 6) is -0.815. The number of carboxylic acids is 1. The summed E-state index contributed by atoms with van der Waals surface area (Å²) in [6.07, 6.45) is 0.910. The molecule has 0 saturated carbocycles. The van der Waals surface area contributed by atoms with E-state index in [4.69, 9.17) is 5.11 Å². The van der Waals surface area contributed by atoms with Gasteiger partial charge in [0.25, 0.3) is 0 Å². The molecule has 0 bridgehead atoms. The van der Waals surface area contributed by atoms with Crippen LogP contribution in [-0.2, 0) is 11.3 Å². The van der Waals surface area contributed by atoms with Crippen molar-refractivity contribution in [2.24, 2.45) is 0 Å². The lowest BCUT2D eigenvalue weighted by molar-refractivity contribution is -0.138. The monoisotopic (exact) mass is 273 g/mol. The minimum absolute atomic E-state index is 0.0296. The fourth-order valence-corrected chi connectivity index (χ4v) is 2.21. The van der Waals surface area contributed by atoms with Crippen molar-refractivity contribution in [2.45, 2.75) is 26.8 Å². The Balaban J connectivity index is 2.26. The number of para-hydroxylation sites is 2. The van der Waals surface area contributed by atoms with Gasteiger partial charge in [-0.3, -0.25) is 9.69 Å². The quantitative estimate of drug-likeness (QED) is 0.874. The molecule has 0 aliphatic carbocycles. The van der Waals surface area contributed by atoms with Crippen LogP contribution in [0.5, 0.6) is 0 Å². The Hall–Kier alpha value is -2.01. The lowest BCUT2D eigenvalue weighted by Gasteiger charge is -2.19. The fourth-order valence-electron chi connectivity index (χ4n) is 2.21. The van der Waals surface area contributed by atoms with Crippen molar-refractivity contribution in [3.8, 4) is 0 Å². The van der Waals surface area contributed by atoms with E-state index in [0.29, 0.717) is 6.54 Å². The molecule has 1 aromatic carbocycles. The van der Waals surface area contributed by atoms with Gasteiger partial charge in [-0.1, -0.05) is 19.1 Å². The van der Waals surface area contributed by atoms with Crippen LogP contribution in [0.1, 0.15) is 24.7 Å². The Kier molecular flexibility index (Phi) is 4.63. The molecule has 0 radical (unpaired) electrons. The number of fused-ring (bicyclic) bond motifs is 1. The highest BCUT2D eigenvalue weighted by Crippen LogP contribution is 2.14. The molecule has 0 aliphatic heterocycles. The van der Waals surface area contributed by atoms with Gasteiger partial charge in [-0.25, -0.2) is 9.97 Å².